The first-order valence-corrected chi connectivity index (χ1v) is 22.5. The third-order valence-corrected chi connectivity index (χ3v) is 13.4. The summed E-state index contributed by atoms with van der Waals surface area (Å²) < 4.78 is 2.19. The number of anilines is 3. The molecular weight excluding hydrogens is 787 g/mol. The van der Waals surface area contributed by atoms with E-state index in [9.17, 15) is 0 Å². The molecule has 0 bridgehead atoms. The van der Waals surface area contributed by atoms with Crippen LogP contribution in [0.25, 0.3) is 83.3 Å². The van der Waals surface area contributed by atoms with Gasteiger partial charge in [-0.15, -0.1) is 0 Å². The van der Waals surface area contributed by atoms with Crippen LogP contribution >= 0.6 is 0 Å². The molecule has 0 aliphatic heterocycles. The predicted octanol–water partition coefficient (Wildman–Crippen LogP) is 16.6. The molecule has 0 radical (unpaired) electrons. The summed E-state index contributed by atoms with van der Waals surface area (Å²) in [6.45, 7) is 4.73. The van der Waals surface area contributed by atoms with Crippen molar-refractivity contribution in [3.05, 3.63) is 248 Å². The second-order valence-corrected chi connectivity index (χ2v) is 17.5. The lowest BCUT2D eigenvalue weighted by molar-refractivity contribution is 0.660. The molecule has 0 fully saturated rings. The van der Waals surface area contributed by atoms with Gasteiger partial charge < -0.3 is 4.90 Å². The van der Waals surface area contributed by atoms with Crippen molar-refractivity contribution in [2.24, 2.45) is 0 Å². The fourth-order valence-corrected chi connectivity index (χ4v) is 10.4. The van der Waals surface area contributed by atoms with Crippen LogP contribution in [0.4, 0.5) is 17.1 Å². The molecule has 2 heterocycles. The van der Waals surface area contributed by atoms with Crippen LogP contribution < -0.4 is 4.90 Å². The quantitative estimate of drug-likeness (QED) is 0.152. The molecule has 0 unspecified atom stereocenters. The molecule has 11 aromatic rings. The van der Waals surface area contributed by atoms with Gasteiger partial charge in [0.2, 0.25) is 0 Å². The third kappa shape index (κ3) is 6.31. The number of hydrogen-bond acceptors (Lipinski definition) is 2. The van der Waals surface area contributed by atoms with Gasteiger partial charge in [-0.05, 0) is 74.8 Å². The largest absolute Gasteiger partial charge is 0.309 e. The molecule has 3 heteroatoms. The molecule has 2 aromatic heterocycles. The van der Waals surface area contributed by atoms with Gasteiger partial charge in [-0.1, -0.05) is 220 Å². The third-order valence-electron chi connectivity index (χ3n) is 13.4. The van der Waals surface area contributed by atoms with Crippen LogP contribution in [0.3, 0.4) is 0 Å². The summed E-state index contributed by atoms with van der Waals surface area (Å²) in [6, 6.07) is 85.8. The Morgan fingerprint density at radius 2 is 0.923 bits per heavy atom. The first-order valence-electron chi connectivity index (χ1n) is 22.5. The molecule has 0 amide bonds. The van der Waals surface area contributed by atoms with Crippen molar-refractivity contribution in [2.45, 2.75) is 19.3 Å². The molecule has 0 spiro atoms. The van der Waals surface area contributed by atoms with Crippen molar-refractivity contribution >= 4 is 33.4 Å². The standard InChI is InChI=1S/C62H45N3/c1-62(2)54-35-19-17-32-49(54)50-39-38-46(40-55(50)62)64(56-36-20-18-33-51(56)48-31-16-15-30-47(48)42-22-7-3-8-23-42)57-37-21-34-52-53(57)41-58(43-24-9-4-10-25-43)65-61(52)59(44-26-11-5-12-27-44)60(63-65)45-28-13-6-14-29-45/h3-41H,1-2H3. The van der Waals surface area contributed by atoms with E-state index in [0.29, 0.717) is 0 Å². The Labute approximate surface area is 380 Å². The Hall–Kier alpha value is -8.27. The van der Waals surface area contributed by atoms with Gasteiger partial charge in [-0.3, -0.25) is 0 Å². The zero-order valence-corrected chi connectivity index (χ0v) is 36.4. The van der Waals surface area contributed by atoms with E-state index in [1.807, 2.05) is 0 Å². The molecule has 9 aromatic carbocycles. The number of hydrogen-bond donors (Lipinski definition) is 0. The van der Waals surface area contributed by atoms with E-state index in [-0.39, 0.29) is 5.41 Å². The molecule has 1 aliphatic carbocycles. The Morgan fingerprint density at radius 3 is 1.63 bits per heavy atom. The summed E-state index contributed by atoms with van der Waals surface area (Å²) in [7, 11) is 0. The zero-order valence-electron chi connectivity index (χ0n) is 36.4. The first kappa shape index (κ1) is 38.4. The van der Waals surface area contributed by atoms with Gasteiger partial charge in [0.05, 0.1) is 22.6 Å². The predicted molar refractivity (Wildman–Crippen MR) is 272 cm³/mol. The summed E-state index contributed by atoms with van der Waals surface area (Å²) >= 11 is 0. The second kappa shape index (κ2) is 15.5. The molecule has 0 N–H and O–H groups in total. The van der Waals surface area contributed by atoms with Gasteiger partial charge in [-0.25, -0.2) is 4.52 Å². The van der Waals surface area contributed by atoms with Crippen molar-refractivity contribution in [3.63, 3.8) is 0 Å². The fraction of sp³-hybridized carbons (Fsp3) is 0.0484. The molecular formula is C62H45N3. The molecule has 65 heavy (non-hydrogen) atoms. The molecule has 3 nitrogen and oxygen atoms in total. The van der Waals surface area contributed by atoms with Crippen molar-refractivity contribution in [2.75, 3.05) is 4.90 Å². The summed E-state index contributed by atoms with van der Waals surface area (Å²) in [5, 5.41) is 7.80. The highest BCUT2D eigenvalue weighted by atomic mass is 15.2. The highest BCUT2D eigenvalue weighted by Gasteiger charge is 2.36. The van der Waals surface area contributed by atoms with Gasteiger partial charge in [0, 0.05) is 44.1 Å². The fourth-order valence-electron chi connectivity index (χ4n) is 10.4. The van der Waals surface area contributed by atoms with Crippen LogP contribution in [0.2, 0.25) is 0 Å². The number of para-hydroxylation sites is 1. The number of benzene rings is 9. The number of rotatable bonds is 8. The lowest BCUT2D eigenvalue weighted by Gasteiger charge is -2.31. The molecule has 0 saturated carbocycles. The van der Waals surface area contributed by atoms with E-state index in [1.165, 1.54) is 38.9 Å². The maximum absolute atomic E-state index is 5.55. The van der Waals surface area contributed by atoms with Crippen molar-refractivity contribution in [3.8, 4) is 67.0 Å². The number of nitrogens with zero attached hydrogens (tertiary/aromatic N) is 3. The zero-order chi connectivity index (χ0) is 43.5. The van der Waals surface area contributed by atoms with Gasteiger partial charge in [0.15, 0.2) is 0 Å². The van der Waals surface area contributed by atoms with Gasteiger partial charge >= 0.3 is 0 Å². The molecule has 0 atom stereocenters. The first-order chi connectivity index (χ1) is 32.0. The normalized spacial score (nSPS) is 12.6. The van der Waals surface area contributed by atoms with Crippen molar-refractivity contribution in [1.82, 2.24) is 9.61 Å². The van der Waals surface area contributed by atoms with Crippen LogP contribution in [-0.4, -0.2) is 9.61 Å². The lowest BCUT2D eigenvalue weighted by Crippen LogP contribution is -2.17. The maximum Gasteiger partial charge on any atom is 0.101 e. The molecule has 0 saturated heterocycles. The van der Waals surface area contributed by atoms with E-state index >= 15 is 0 Å². The van der Waals surface area contributed by atoms with E-state index in [0.717, 1.165) is 72.6 Å². The SMILES string of the molecule is CC1(C)c2ccccc2-c2ccc(N(c3ccccc3-c3ccccc3-c3ccccc3)c3cccc4c3cc(-c3ccccc3)n3nc(-c5ccccc5)c(-c5ccccc5)c43)cc21. The Bertz CT molecular complexity index is 3550. The number of aromatic nitrogens is 2. The minimum atomic E-state index is -0.186. The van der Waals surface area contributed by atoms with Crippen LogP contribution in [0.15, 0.2) is 237 Å². The van der Waals surface area contributed by atoms with Crippen LogP contribution in [0.5, 0.6) is 0 Å². The molecule has 308 valence electrons. The minimum absolute atomic E-state index is 0.186. The summed E-state index contributed by atoms with van der Waals surface area (Å²) in [5.41, 5.74) is 20.5. The number of fused-ring (bicyclic) bond motifs is 6. The number of pyridine rings is 1. The van der Waals surface area contributed by atoms with Crippen LogP contribution in [-0.2, 0) is 5.41 Å². The average Bonchev–Trinajstić information content (AvgIpc) is 3.88. The smallest absolute Gasteiger partial charge is 0.101 e. The topological polar surface area (TPSA) is 20.5 Å². The van der Waals surface area contributed by atoms with Crippen LogP contribution in [0.1, 0.15) is 25.0 Å². The van der Waals surface area contributed by atoms with Gasteiger partial charge in [0.1, 0.15) is 5.69 Å². The van der Waals surface area contributed by atoms with E-state index < -0.39 is 0 Å². The average molecular weight is 832 g/mol. The summed E-state index contributed by atoms with van der Waals surface area (Å²) in [6.07, 6.45) is 0. The van der Waals surface area contributed by atoms with E-state index in [4.69, 9.17) is 5.10 Å². The molecule has 1 aliphatic rings. The summed E-state index contributed by atoms with van der Waals surface area (Å²) in [4.78, 5) is 2.51. The van der Waals surface area contributed by atoms with Gasteiger partial charge in [0.25, 0.3) is 0 Å². The Morgan fingerprint density at radius 1 is 0.385 bits per heavy atom. The maximum atomic E-state index is 5.55. The van der Waals surface area contributed by atoms with Gasteiger partial charge in [-0.2, -0.15) is 5.10 Å². The Kier molecular flexibility index (Phi) is 9.17. The van der Waals surface area contributed by atoms with Crippen LogP contribution in [0, 0.1) is 0 Å². The van der Waals surface area contributed by atoms with E-state index in [1.54, 1.807) is 0 Å². The molecule has 12 rings (SSSR count). The second-order valence-electron chi connectivity index (χ2n) is 17.5. The lowest BCUT2D eigenvalue weighted by atomic mass is 9.82. The highest BCUT2D eigenvalue weighted by Crippen LogP contribution is 2.53. The van der Waals surface area contributed by atoms with Crippen molar-refractivity contribution in [1.29, 1.82) is 0 Å². The minimum Gasteiger partial charge on any atom is -0.309 e. The van der Waals surface area contributed by atoms with Crippen molar-refractivity contribution < 1.29 is 0 Å². The van der Waals surface area contributed by atoms with E-state index in [2.05, 4.69) is 260 Å². The Balaban J connectivity index is 1.20. The highest BCUT2D eigenvalue weighted by molar-refractivity contribution is 6.14. The summed E-state index contributed by atoms with van der Waals surface area (Å²) in [5.74, 6) is 0. The monoisotopic (exact) mass is 831 g/mol.